The molecule has 1 heterocycles. The molecule has 0 aliphatic carbocycles. The van der Waals surface area contributed by atoms with Crippen molar-refractivity contribution >= 4 is 22.4 Å². The molecule has 0 bridgehead atoms. The zero-order chi connectivity index (χ0) is 15.4. The second-order valence-corrected chi connectivity index (χ2v) is 5.98. The van der Waals surface area contributed by atoms with Crippen molar-refractivity contribution in [2.75, 3.05) is 11.4 Å². The molecule has 2 rings (SSSR count). The van der Waals surface area contributed by atoms with E-state index >= 15 is 0 Å². The highest BCUT2D eigenvalue weighted by Gasteiger charge is 2.16. The summed E-state index contributed by atoms with van der Waals surface area (Å²) in [7, 11) is 0. The third-order valence-corrected chi connectivity index (χ3v) is 4.34. The van der Waals surface area contributed by atoms with Crippen molar-refractivity contribution in [1.29, 1.82) is 0 Å². The molecule has 1 aromatic heterocycles. The van der Waals surface area contributed by atoms with E-state index in [0.717, 1.165) is 15.7 Å². The Morgan fingerprint density at radius 2 is 2.10 bits per heavy atom. The number of halogens is 1. The van der Waals surface area contributed by atoms with Gasteiger partial charge in [0, 0.05) is 23.5 Å². The van der Waals surface area contributed by atoms with E-state index in [1.807, 2.05) is 18.7 Å². The van der Waals surface area contributed by atoms with Gasteiger partial charge in [-0.05, 0) is 19.9 Å². The fourth-order valence-corrected chi connectivity index (χ4v) is 2.83. The third kappa shape index (κ3) is 4.01. The van der Waals surface area contributed by atoms with Crippen LogP contribution in [0.4, 0.5) is 9.52 Å². The predicted molar refractivity (Wildman–Crippen MR) is 81.3 cm³/mol. The number of carbonyl (C=O) groups is 1. The third-order valence-electron chi connectivity index (χ3n) is 3.20. The Labute approximate surface area is 126 Å². The highest BCUT2D eigenvalue weighted by Crippen LogP contribution is 2.27. The van der Waals surface area contributed by atoms with Crippen molar-refractivity contribution in [3.8, 4) is 0 Å². The minimum Gasteiger partial charge on any atom is -0.481 e. The first-order valence-corrected chi connectivity index (χ1v) is 7.43. The number of anilines is 1. The van der Waals surface area contributed by atoms with Gasteiger partial charge >= 0.3 is 5.97 Å². The van der Waals surface area contributed by atoms with Crippen molar-refractivity contribution < 1.29 is 14.3 Å². The fraction of sp³-hybridized carbons (Fsp3) is 0.333. The van der Waals surface area contributed by atoms with Gasteiger partial charge in [-0.25, -0.2) is 9.37 Å². The van der Waals surface area contributed by atoms with Crippen molar-refractivity contribution in [2.45, 2.75) is 26.8 Å². The maximum atomic E-state index is 13.8. The molecule has 21 heavy (non-hydrogen) atoms. The Balaban J connectivity index is 2.23. The van der Waals surface area contributed by atoms with Crippen LogP contribution in [0.25, 0.3) is 0 Å². The first kappa shape index (κ1) is 15.4. The van der Waals surface area contributed by atoms with Crippen LogP contribution in [-0.4, -0.2) is 22.6 Å². The lowest BCUT2D eigenvalue weighted by atomic mass is 10.2. The topological polar surface area (TPSA) is 53.4 Å². The Morgan fingerprint density at radius 3 is 2.67 bits per heavy atom. The van der Waals surface area contributed by atoms with Gasteiger partial charge in [0.2, 0.25) is 0 Å². The maximum Gasteiger partial charge on any atom is 0.305 e. The van der Waals surface area contributed by atoms with Crippen LogP contribution < -0.4 is 4.90 Å². The molecule has 0 fully saturated rings. The second-order valence-electron chi connectivity index (χ2n) is 4.79. The standard InChI is InChI=1S/C15H17FN2O2S/c1-10-11(2)21-15(17-10)18(8-7-14(19)20)9-12-5-3-4-6-13(12)16/h3-6H,7-9H2,1-2H3,(H,19,20). The molecule has 6 heteroatoms. The van der Waals surface area contributed by atoms with Crippen molar-refractivity contribution in [3.05, 3.63) is 46.2 Å². The summed E-state index contributed by atoms with van der Waals surface area (Å²) in [6, 6.07) is 6.52. The van der Waals surface area contributed by atoms with E-state index in [-0.39, 0.29) is 12.2 Å². The molecule has 1 aromatic carbocycles. The van der Waals surface area contributed by atoms with Crippen LogP contribution in [0.2, 0.25) is 0 Å². The predicted octanol–water partition coefficient (Wildman–Crippen LogP) is 3.38. The molecule has 112 valence electrons. The number of aryl methyl sites for hydroxylation is 2. The molecule has 0 saturated carbocycles. The lowest BCUT2D eigenvalue weighted by Gasteiger charge is -2.21. The summed E-state index contributed by atoms with van der Waals surface area (Å²) in [6.07, 6.45) is -0.00781. The van der Waals surface area contributed by atoms with Gasteiger partial charge < -0.3 is 10.0 Å². The number of aromatic nitrogens is 1. The van der Waals surface area contributed by atoms with E-state index in [0.29, 0.717) is 18.7 Å². The number of nitrogens with zero attached hydrogens (tertiary/aromatic N) is 2. The van der Waals surface area contributed by atoms with Gasteiger partial charge in [-0.1, -0.05) is 18.2 Å². The van der Waals surface area contributed by atoms with E-state index in [1.165, 1.54) is 17.4 Å². The lowest BCUT2D eigenvalue weighted by Crippen LogP contribution is -2.26. The van der Waals surface area contributed by atoms with Gasteiger partial charge in [0.05, 0.1) is 12.1 Å². The number of hydrogen-bond donors (Lipinski definition) is 1. The van der Waals surface area contributed by atoms with Crippen LogP contribution in [-0.2, 0) is 11.3 Å². The molecule has 0 radical (unpaired) electrons. The van der Waals surface area contributed by atoms with Gasteiger partial charge in [-0.3, -0.25) is 4.79 Å². The normalized spacial score (nSPS) is 10.6. The first-order valence-electron chi connectivity index (χ1n) is 6.61. The van der Waals surface area contributed by atoms with E-state index < -0.39 is 5.97 Å². The maximum absolute atomic E-state index is 13.8. The summed E-state index contributed by atoms with van der Waals surface area (Å²) in [4.78, 5) is 18.2. The number of carboxylic acids is 1. The SMILES string of the molecule is Cc1nc(N(CCC(=O)O)Cc2ccccc2F)sc1C. The zero-order valence-corrected chi connectivity index (χ0v) is 12.8. The van der Waals surface area contributed by atoms with E-state index in [2.05, 4.69) is 4.98 Å². The van der Waals surface area contributed by atoms with E-state index in [4.69, 9.17) is 5.11 Å². The molecule has 0 unspecified atom stereocenters. The molecule has 0 amide bonds. The highest BCUT2D eigenvalue weighted by molar-refractivity contribution is 7.15. The molecule has 0 aliphatic rings. The molecular formula is C15H17FN2O2S. The van der Waals surface area contributed by atoms with Crippen LogP contribution in [0, 0.1) is 19.7 Å². The van der Waals surface area contributed by atoms with Crippen LogP contribution in [0.3, 0.4) is 0 Å². The average Bonchev–Trinajstić information content (AvgIpc) is 2.76. The highest BCUT2D eigenvalue weighted by atomic mass is 32.1. The van der Waals surface area contributed by atoms with Crippen LogP contribution in [0.15, 0.2) is 24.3 Å². The van der Waals surface area contributed by atoms with E-state index in [1.54, 1.807) is 18.2 Å². The van der Waals surface area contributed by atoms with Gasteiger partial charge in [0.1, 0.15) is 5.82 Å². The zero-order valence-electron chi connectivity index (χ0n) is 12.0. The summed E-state index contributed by atoms with van der Waals surface area (Å²) >= 11 is 1.50. The van der Waals surface area contributed by atoms with Crippen LogP contribution in [0.5, 0.6) is 0 Å². The second kappa shape index (κ2) is 6.67. The number of carboxylic acid groups (broad SMARTS) is 1. The van der Waals surface area contributed by atoms with Crippen LogP contribution >= 0.6 is 11.3 Å². The fourth-order valence-electron chi connectivity index (χ4n) is 1.90. The number of aliphatic carboxylic acids is 1. The van der Waals surface area contributed by atoms with Crippen molar-refractivity contribution in [3.63, 3.8) is 0 Å². The molecule has 4 nitrogen and oxygen atoms in total. The minimum absolute atomic E-state index is 0.00781. The van der Waals surface area contributed by atoms with Gasteiger partial charge in [-0.15, -0.1) is 11.3 Å². The Hall–Kier alpha value is -1.95. The van der Waals surface area contributed by atoms with E-state index in [9.17, 15) is 9.18 Å². The van der Waals surface area contributed by atoms with Gasteiger partial charge in [0.15, 0.2) is 5.13 Å². The molecule has 0 aliphatic heterocycles. The molecule has 2 aromatic rings. The monoisotopic (exact) mass is 308 g/mol. The Kier molecular flexibility index (Phi) is 4.90. The summed E-state index contributed by atoms with van der Waals surface area (Å²) < 4.78 is 13.8. The minimum atomic E-state index is -0.876. The van der Waals surface area contributed by atoms with Crippen molar-refractivity contribution in [1.82, 2.24) is 4.98 Å². The summed E-state index contributed by atoms with van der Waals surface area (Å²) in [5.41, 5.74) is 1.46. The van der Waals surface area contributed by atoms with Crippen LogP contribution in [0.1, 0.15) is 22.6 Å². The lowest BCUT2D eigenvalue weighted by molar-refractivity contribution is -0.136. The molecule has 0 atom stereocenters. The Bertz CT molecular complexity index is 623. The summed E-state index contributed by atoms with van der Waals surface area (Å²) in [6.45, 7) is 4.49. The quantitative estimate of drug-likeness (QED) is 0.889. The van der Waals surface area contributed by atoms with Gasteiger partial charge in [0.25, 0.3) is 0 Å². The summed E-state index contributed by atoms with van der Waals surface area (Å²) in [5, 5.41) is 9.60. The molecule has 0 saturated heterocycles. The number of hydrogen-bond acceptors (Lipinski definition) is 4. The molecule has 0 spiro atoms. The first-order chi connectivity index (χ1) is 9.97. The average molecular weight is 308 g/mol. The number of rotatable bonds is 6. The van der Waals surface area contributed by atoms with Gasteiger partial charge in [-0.2, -0.15) is 0 Å². The molecule has 1 N–H and O–H groups in total. The number of benzene rings is 1. The largest absolute Gasteiger partial charge is 0.481 e. The smallest absolute Gasteiger partial charge is 0.305 e. The number of thiazole rings is 1. The Morgan fingerprint density at radius 1 is 1.38 bits per heavy atom. The summed E-state index contributed by atoms with van der Waals surface area (Å²) in [5.74, 6) is -1.17. The van der Waals surface area contributed by atoms with Crippen molar-refractivity contribution in [2.24, 2.45) is 0 Å². The molecular weight excluding hydrogens is 291 g/mol.